The maximum atomic E-state index is 13.1. The number of benzene rings is 2. The van der Waals surface area contributed by atoms with Gasteiger partial charge >= 0.3 is 5.69 Å². The van der Waals surface area contributed by atoms with Crippen molar-refractivity contribution in [1.82, 2.24) is 9.13 Å². The van der Waals surface area contributed by atoms with E-state index >= 15 is 0 Å². The lowest BCUT2D eigenvalue weighted by Gasteiger charge is -2.04. The summed E-state index contributed by atoms with van der Waals surface area (Å²) in [5, 5.41) is 3.48. The van der Waals surface area contributed by atoms with E-state index in [1.54, 1.807) is 11.3 Å². The van der Waals surface area contributed by atoms with Crippen LogP contribution in [0.15, 0.2) is 52.6 Å². The van der Waals surface area contributed by atoms with Crippen molar-refractivity contribution in [2.45, 2.75) is 33.2 Å². The summed E-state index contributed by atoms with van der Waals surface area (Å²) in [7, 11) is 2.11. The third-order valence-electron chi connectivity index (χ3n) is 4.78. The molecule has 2 aromatic heterocycles. The molecule has 1 radical (unpaired) electrons. The van der Waals surface area contributed by atoms with E-state index in [9.17, 15) is 4.79 Å². The number of rotatable bonds is 5. The van der Waals surface area contributed by atoms with Crippen molar-refractivity contribution in [3.05, 3.63) is 69.5 Å². The van der Waals surface area contributed by atoms with Crippen LogP contribution in [-0.4, -0.2) is 16.4 Å². The average molecular weight is 347 g/mol. The quantitative estimate of drug-likeness (QED) is 0.487. The Morgan fingerprint density at radius 3 is 2.56 bits per heavy atom. The minimum absolute atomic E-state index is 0.0796. The van der Waals surface area contributed by atoms with Gasteiger partial charge < -0.3 is 0 Å². The predicted octanol–water partition coefficient (Wildman–Crippen LogP) is 4.55. The Bertz CT molecular complexity index is 1110. The second-order valence-corrected chi connectivity index (χ2v) is 7.33. The van der Waals surface area contributed by atoms with Crippen molar-refractivity contribution in [3.8, 4) is 0 Å². The van der Waals surface area contributed by atoms with Crippen molar-refractivity contribution in [2.24, 2.45) is 0 Å². The summed E-state index contributed by atoms with van der Waals surface area (Å²) < 4.78 is 5.10. The zero-order valence-corrected chi connectivity index (χ0v) is 15.3. The van der Waals surface area contributed by atoms with Crippen LogP contribution in [0.1, 0.15) is 11.1 Å². The summed E-state index contributed by atoms with van der Waals surface area (Å²) >= 11 is 1.75. The Labute approximate surface area is 151 Å². The van der Waals surface area contributed by atoms with Crippen LogP contribution < -0.4 is 5.69 Å². The lowest BCUT2D eigenvalue weighted by molar-refractivity contribution is 0.685. The van der Waals surface area contributed by atoms with Crippen LogP contribution in [0.3, 0.4) is 0 Å². The monoisotopic (exact) mass is 347 g/mol. The Morgan fingerprint density at radius 2 is 1.80 bits per heavy atom. The lowest BCUT2D eigenvalue weighted by atomic mass is 9.78. The van der Waals surface area contributed by atoms with Crippen LogP contribution in [0, 0.1) is 6.92 Å². The first-order valence-electron chi connectivity index (χ1n) is 8.62. The zero-order valence-electron chi connectivity index (χ0n) is 14.5. The highest BCUT2D eigenvalue weighted by Crippen LogP contribution is 2.29. The molecule has 5 heteroatoms. The first-order valence-corrected chi connectivity index (χ1v) is 9.50. The van der Waals surface area contributed by atoms with Gasteiger partial charge in [0.25, 0.3) is 0 Å². The van der Waals surface area contributed by atoms with Crippen molar-refractivity contribution in [1.29, 1.82) is 0 Å². The van der Waals surface area contributed by atoms with Gasteiger partial charge in [0.05, 0.1) is 17.6 Å². The smallest absolute Gasteiger partial charge is 0.293 e. The molecule has 25 heavy (non-hydrogen) atoms. The Kier molecular flexibility index (Phi) is 4.26. The van der Waals surface area contributed by atoms with E-state index in [0.717, 1.165) is 23.9 Å². The molecule has 0 aliphatic carbocycles. The number of para-hydroxylation sites is 2. The maximum Gasteiger partial charge on any atom is 0.329 e. The van der Waals surface area contributed by atoms with E-state index < -0.39 is 0 Å². The molecule has 0 spiro atoms. The number of aryl methyl sites for hydroxylation is 2. The van der Waals surface area contributed by atoms with Crippen molar-refractivity contribution in [3.63, 3.8) is 0 Å². The molecule has 0 atom stereocenters. The molecule has 0 aliphatic rings. The van der Waals surface area contributed by atoms with Gasteiger partial charge in [-0.2, -0.15) is 0 Å². The van der Waals surface area contributed by atoms with Gasteiger partial charge in [0.15, 0.2) is 0 Å². The molecule has 4 rings (SSSR count). The Balaban J connectivity index is 1.86. The van der Waals surface area contributed by atoms with Gasteiger partial charge in [-0.1, -0.05) is 37.4 Å². The van der Waals surface area contributed by atoms with E-state index in [1.165, 1.54) is 21.2 Å². The van der Waals surface area contributed by atoms with Crippen LogP contribution in [0.2, 0.25) is 13.1 Å². The number of thiophene rings is 1. The van der Waals surface area contributed by atoms with Crippen molar-refractivity contribution in [2.75, 3.05) is 0 Å². The number of nitrogens with zero attached hydrogens (tertiary/aromatic N) is 2. The zero-order chi connectivity index (χ0) is 17.4. The Morgan fingerprint density at radius 1 is 1.04 bits per heavy atom. The molecule has 0 amide bonds. The van der Waals surface area contributed by atoms with E-state index in [2.05, 4.69) is 37.8 Å². The van der Waals surface area contributed by atoms with E-state index in [1.807, 2.05) is 40.2 Å². The summed E-state index contributed by atoms with van der Waals surface area (Å²) in [5.41, 5.74) is 4.61. The number of fused-ring (bicyclic) bond motifs is 2. The second kappa shape index (κ2) is 6.56. The number of hydrogen-bond acceptors (Lipinski definition) is 2. The fourth-order valence-electron chi connectivity index (χ4n) is 3.53. The number of imidazole rings is 1. The molecule has 0 saturated carbocycles. The van der Waals surface area contributed by atoms with E-state index in [-0.39, 0.29) is 5.69 Å². The van der Waals surface area contributed by atoms with Crippen LogP contribution in [0.4, 0.5) is 0 Å². The molecule has 0 unspecified atom stereocenters. The summed E-state index contributed by atoms with van der Waals surface area (Å²) in [4.78, 5) is 13.1. The number of hydrogen-bond donors (Lipinski definition) is 0. The fourth-order valence-corrected chi connectivity index (χ4v) is 4.56. The van der Waals surface area contributed by atoms with Crippen molar-refractivity contribution < 1.29 is 0 Å². The molecule has 3 nitrogen and oxygen atoms in total. The van der Waals surface area contributed by atoms with Gasteiger partial charge in [0.2, 0.25) is 0 Å². The molecule has 2 heterocycles. The van der Waals surface area contributed by atoms with Crippen LogP contribution in [-0.2, 0) is 13.1 Å². The van der Waals surface area contributed by atoms with Gasteiger partial charge in [0.1, 0.15) is 7.28 Å². The van der Waals surface area contributed by atoms with Gasteiger partial charge in [-0.15, -0.1) is 11.3 Å². The molecule has 0 fully saturated rings. The molecule has 125 valence electrons. The molecule has 0 aliphatic heterocycles. The molecular weight excluding hydrogens is 327 g/mol. The van der Waals surface area contributed by atoms with Crippen LogP contribution >= 0.6 is 11.3 Å². The average Bonchev–Trinajstić information content (AvgIpc) is 3.15. The highest BCUT2D eigenvalue weighted by molar-refractivity contribution is 7.17. The fraction of sp³-hybridized carbons (Fsp3) is 0.250. The summed E-state index contributed by atoms with van der Waals surface area (Å²) in [6.45, 7) is 5.52. The van der Waals surface area contributed by atoms with E-state index in [4.69, 9.17) is 0 Å². The topological polar surface area (TPSA) is 26.9 Å². The normalized spacial score (nSPS) is 11.4. The summed E-state index contributed by atoms with van der Waals surface area (Å²) in [5.74, 6) is 0. The molecule has 4 aromatic rings. The molecule has 2 aromatic carbocycles. The maximum absolute atomic E-state index is 13.1. The minimum Gasteiger partial charge on any atom is -0.293 e. The Hall–Kier alpha value is -2.27. The highest BCUT2D eigenvalue weighted by Gasteiger charge is 2.15. The lowest BCUT2D eigenvalue weighted by Crippen LogP contribution is -2.25. The highest BCUT2D eigenvalue weighted by atomic mass is 32.1. The largest absolute Gasteiger partial charge is 0.329 e. The SMILES string of the molecule is C[B]CCn1c(=O)n(Cc2csc3cccc(C)c23)c2ccccc21. The molecule has 0 N–H and O–H groups in total. The third kappa shape index (κ3) is 2.73. The number of aromatic nitrogens is 2. The van der Waals surface area contributed by atoms with Crippen LogP contribution in [0.25, 0.3) is 21.1 Å². The summed E-state index contributed by atoms with van der Waals surface area (Å²) in [6, 6.07) is 14.5. The van der Waals surface area contributed by atoms with Gasteiger partial charge in [-0.05, 0) is 41.6 Å². The minimum atomic E-state index is 0.0796. The standard InChI is InChI=1S/C20H20BN2OS/c1-14-6-5-9-18-19(14)15(13-25-18)12-23-17-8-4-3-7-16(17)22(20(23)24)11-10-21-2/h3-9,13H,10-12H2,1-2H3. The first-order chi connectivity index (χ1) is 12.2. The van der Waals surface area contributed by atoms with Gasteiger partial charge in [-0.3, -0.25) is 9.13 Å². The predicted molar refractivity (Wildman–Crippen MR) is 108 cm³/mol. The third-order valence-corrected chi connectivity index (χ3v) is 5.78. The van der Waals surface area contributed by atoms with Crippen molar-refractivity contribution >= 4 is 39.7 Å². The summed E-state index contributed by atoms with van der Waals surface area (Å²) in [6.07, 6.45) is 0.897. The van der Waals surface area contributed by atoms with Gasteiger partial charge in [0, 0.05) is 16.6 Å². The molecular formula is C20H20BN2OS. The van der Waals surface area contributed by atoms with Gasteiger partial charge in [-0.25, -0.2) is 4.79 Å². The molecule has 0 bridgehead atoms. The first kappa shape index (κ1) is 16.2. The second-order valence-electron chi connectivity index (χ2n) is 6.41. The van der Waals surface area contributed by atoms with Crippen LogP contribution in [0.5, 0.6) is 0 Å². The molecule has 0 saturated heterocycles. The van der Waals surface area contributed by atoms with E-state index in [0.29, 0.717) is 6.54 Å².